The van der Waals surface area contributed by atoms with Gasteiger partial charge in [-0.3, -0.25) is 4.79 Å². The van der Waals surface area contributed by atoms with Gasteiger partial charge in [-0.05, 0) is 12.1 Å². The average molecular weight is 283 g/mol. The van der Waals surface area contributed by atoms with Crippen molar-refractivity contribution in [3.8, 4) is 0 Å². The fourth-order valence-electron chi connectivity index (χ4n) is 1.50. The van der Waals surface area contributed by atoms with E-state index >= 15 is 0 Å². The fraction of sp³-hybridized carbons (Fsp3) is 0. The van der Waals surface area contributed by atoms with Crippen LogP contribution in [0, 0.1) is 17.5 Å². The molecule has 6 heteroatoms. The summed E-state index contributed by atoms with van der Waals surface area (Å²) < 4.78 is 39.3. The van der Waals surface area contributed by atoms with Crippen LogP contribution in [0.25, 0.3) is 0 Å². The quantitative estimate of drug-likeness (QED) is 0.639. The van der Waals surface area contributed by atoms with E-state index in [-0.39, 0.29) is 5.56 Å². The summed E-state index contributed by atoms with van der Waals surface area (Å²) in [5, 5.41) is 2.11. The first-order valence-corrected chi connectivity index (χ1v) is 5.67. The van der Waals surface area contributed by atoms with Crippen LogP contribution < -0.4 is 5.32 Å². The van der Waals surface area contributed by atoms with Crippen LogP contribution in [0.5, 0.6) is 0 Å². The number of nitrogens with one attached hydrogen (secondary N) is 1. The predicted molar refractivity (Wildman–Crippen MR) is 68.0 cm³/mol. The van der Waals surface area contributed by atoms with Crippen molar-refractivity contribution in [3.05, 3.63) is 59.4 Å². The number of carbonyl (C=O) groups is 1. The summed E-state index contributed by atoms with van der Waals surface area (Å²) in [7, 11) is 0. The number of anilines is 1. The molecule has 0 unspecified atom stereocenters. The third kappa shape index (κ3) is 2.90. The first-order chi connectivity index (χ1) is 8.99. The highest BCUT2D eigenvalue weighted by Gasteiger charge is 2.15. The summed E-state index contributed by atoms with van der Waals surface area (Å²) in [4.78, 5) is 12.2. The zero-order valence-electron chi connectivity index (χ0n) is 9.45. The number of thiol groups is 1. The SMILES string of the molecule is O=C(Nc1cc(F)cc(F)c1F)c1ccccc1S. The third-order valence-electron chi connectivity index (χ3n) is 2.39. The van der Waals surface area contributed by atoms with Gasteiger partial charge in [-0.15, -0.1) is 12.6 Å². The number of hydrogen-bond acceptors (Lipinski definition) is 2. The highest BCUT2D eigenvalue weighted by molar-refractivity contribution is 7.80. The van der Waals surface area contributed by atoms with E-state index < -0.39 is 29.0 Å². The maximum absolute atomic E-state index is 13.4. The number of amides is 1. The molecule has 1 amide bonds. The van der Waals surface area contributed by atoms with Gasteiger partial charge in [0.25, 0.3) is 5.91 Å². The van der Waals surface area contributed by atoms with Crippen molar-refractivity contribution in [2.75, 3.05) is 5.32 Å². The second-order valence-electron chi connectivity index (χ2n) is 3.72. The Morgan fingerprint density at radius 1 is 1.11 bits per heavy atom. The minimum atomic E-state index is -1.37. The molecular formula is C13H8F3NOS. The van der Waals surface area contributed by atoms with E-state index in [1.54, 1.807) is 18.2 Å². The Morgan fingerprint density at radius 2 is 1.79 bits per heavy atom. The molecule has 0 bridgehead atoms. The molecule has 0 atom stereocenters. The molecule has 2 aromatic carbocycles. The van der Waals surface area contributed by atoms with Gasteiger partial charge in [-0.1, -0.05) is 12.1 Å². The van der Waals surface area contributed by atoms with E-state index in [2.05, 4.69) is 17.9 Å². The molecule has 0 saturated carbocycles. The largest absolute Gasteiger partial charge is 0.319 e. The highest BCUT2D eigenvalue weighted by Crippen LogP contribution is 2.21. The molecule has 0 radical (unpaired) electrons. The first-order valence-electron chi connectivity index (χ1n) is 5.23. The smallest absolute Gasteiger partial charge is 0.256 e. The van der Waals surface area contributed by atoms with E-state index in [9.17, 15) is 18.0 Å². The summed E-state index contributed by atoms with van der Waals surface area (Å²) in [6, 6.07) is 7.40. The van der Waals surface area contributed by atoms with Crippen molar-refractivity contribution in [1.29, 1.82) is 0 Å². The van der Waals surface area contributed by atoms with Gasteiger partial charge >= 0.3 is 0 Å². The summed E-state index contributed by atoms with van der Waals surface area (Å²) in [6.45, 7) is 0. The van der Waals surface area contributed by atoms with Crippen molar-refractivity contribution in [2.24, 2.45) is 0 Å². The molecule has 0 spiro atoms. The van der Waals surface area contributed by atoms with Crippen LogP contribution in [-0.2, 0) is 0 Å². The van der Waals surface area contributed by atoms with E-state index in [0.717, 1.165) is 0 Å². The molecule has 0 saturated heterocycles. The molecule has 0 heterocycles. The van der Waals surface area contributed by atoms with Crippen LogP contribution in [0.2, 0.25) is 0 Å². The summed E-state index contributed by atoms with van der Waals surface area (Å²) in [5.41, 5.74) is -0.381. The Labute approximate surface area is 112 Å². The van der Waals surface area contributed by atoms with Crippen molar-refractivity contribution in [3.63, 3.8) is 0 Å². The predicted octanol–water partition coefficient (Wildman–Crippen LogP) is 3.64. The number of rotatable bonds is 2. The molecular weight excluding hydrogens is 275 g/mol. The first kappa shape index (κ1) is 13.5. The molecule has 2 aromatic rings. The Morgan fingerprint density at radius 3 is 2.47 bits per heavy atom. The van der Waals surface area contributed by atoms with Crippen molar-refractivity contribution >= 4 is 24.2 Å². The fourth-order valence-corrected chi connectivity index (χ4v) is 1.76. The normalized spacial score (nSPS) is 10.3. The molecule has 0 fully saturated rings. The molecule has 0 aliphatic heterocycles. The van der Waals surface area contributed by atoms with E-state index in [0.29, 0.717) is 17.0 Å². The molecule has 19 heavy (non-hydrogen) atoms. The number of benzene rings is 2. The minimum Gasteiger partial charge on any atom is -0.319 e. The van der Waals surface area contributed by atoms with Crippen LogP contribution in [0.1, 0.15) is 10.4 Å². The van der Waals surface area contributed by atoms with Gasteiger partial charge in [-0.25, -0.2) is 13.2 Å². The van der Waals surface area contributed by atoms with Gasteiger partial charge in [0.2, 0.25) is 0 Å². The number of carbonyl (C=O) groups excluding carboxylic acids is 1. The summed E-state index contributed by atoms with van der Waals surface area (Å²) in [6.07, 6.45) is 0. The van der Waals surface area contributed by atoms with Crippen LogP contribution in [0.15, 0.2) is 41.3 Å². The second kappa shape index (κ2) is 5.36. The monoisotopic (exact) mass is 283 g/mol. The van der Waals surface area contributed by atoms with Gasteiger partial charge in [-0.2, -0.15) is 0 Å². The van der Waals surface area contributed by atoms with Crippen LogP contribution in [-0.4, -0.2) is 5.91 Å². The Balaban J connectivity index is 2.32. The summed E-state index contributed by atoms with van der Waals surface area (Å²) in [5.74, 6) is -4.36. The van der Waals surface area contributed by atoms with Gasteiger partial charge in [0.05, 0.1) is 11.3 Å². The van der Waals surface area contributed by atoms with Crippen LogP contribution >= 0.6 is 12.6 Å². The van der Waals surface area contributed by atoms with E-state index in [4.69, 9.17) is 0 Å². The molecule has 0 aromatic heterocycles. The lowest BCUT2D eigenvalue weighted by atomic mass is 10.2. The summed E-state index contributed by atoms with van der Waals surface area (Å²) >= 11 is 4.07. The number of hydrogen-bond donors (Lipinski definition) is 2. The lowest BCUT2D eigenvalue weighted by Gasteiger charge is -2.08. The minimum absolute atomic E-state index is 0.176. The third-order valence-corrected chi connectivity index (χ3v) is 2.78. The lowest BCUT2D eigenvalue weighted by Crippen LogP contribution is -2.14. The topological polar surface area (TPSA) is 29.1 Å². The van der Waals surface area contributed by atoms with Crippen molar-refractivity contribution in [1.82, 2.24) is 0 Å². The maximum Gasteiger partial charge on any atom is 0.256 e. The van der Waals surface area contributed by atoms with Crippen molar-refractivity contribution < 1.29 is 18.0 Å². The zero-order chi connectivity index (χ0) is 14.0. The molecule has 0 aliphatic rings. The van der Waals surface area contributed by atoms with Gasteiger partial charge < -0.3 is 5.32 Å². The maximum atomic E-state index is 13.4. The van der Waals surface area contributed by atoms with E-state index in [1.165, 1.54) is 6.07 Å². The number of halogens is 3. The molecule has 2 nitrogen and oxygen atoms in total. The molecule has 1 N–H and O–H groups in total. The van der Waals surface area contributed by atoms with E-state index in [1.807, 2.05) is 0 Å². The zero-order valence-corrected chi connectivity index (χ0v) is 10.3. The molecule has 2 rings (SSSR count). The van der Waals surface area contributed by atoms with Gasteiger partial charge in [0.15, 0.2) is 11.6 Å². The highest BCUT2D eigenvalue weighted by atomic mass is 32.1. The molecule has 0 aliphatic carbocycles. The van der Waals surface area contributed by atoms with Gasteiger partial charge in [0, 0.05) is 17.0 Å². The van der Waals surface area contributed by atoms with Crippen LogP contribution in [0.3, 0.4) is 0 Å². The van der Waals surface area contributed by atoms with Crippen molar-refractivity contribution in [2.45, 2.75) is 4.90 Å². The Kier molecular flexibility index (Phi) is 3.80. The Bertz CT molecular complexity index is 646. The molecule has 98 valence electrons. The average Bonchev–Trinajstić information content (AvgIpc) is 2.35. The van der Waals surface area contributed by atoms with Gasteiger partial charge in [0.1, 0.15) is 5.82 Å². The Hall–Kier alpha value is -1.95. The standard InChI is InChI=1S/C13H8F3NOS/c14-7-5-9(15)12(16)10(6-7)17-13(18)8-3-1-2-4-11(8)19/h1-6,19H,(H,17,18). The second-order valence-corrected chi connectivity index (χ2v) is 4.20. The van der Waals surface area contributed by atoms with Crippen LogP contribution in [0.4, 0.5) is 18.9 Å². The lowest BCUT2D eigenvalue weighted by molar-refractivity contribution is 0.102.